The molecule has 1 fully saturated rings. The number of rotatable bonds is 3. The molecule has 0 amide bonds. The van der Waals surface area contributed by atoms with Crippen LogP contribution in [0, 0.1) is 12.8 Å². The second-order valence-corrected chi connectivity index (χ2v) is 8.66. The molecular formula is C17H19NO2S2. The molecule has 0 radical (unpaired) electrons. The van der Waals surface area contributed by atoms with Gasteiger partial charge < -0.3 is 0 Å². The third kappa shape index (κ3) is 3.02. The van der Waals surface area contributed by atoms with E-state index in [0.717, 1.165) is 5.56 Å². The first-order valence-corrected chi connectivity index (χ1v) is 9.59. The summed E-state index contributed by atoms with van der Waals surface area (Å²) in [4.78, 5) is 1.55. The van der Waals surface area contributed by atoms with Crippen LogP contribution in [0.15, 0.2) is 52.2 Å². The lowest BCUT2D eigenvalue weighted by molar-refractivity contribution is 0.464. The van der Waals surface area contributed by atoms with Crippen LogP contribution in [0.2, 0.25) is 0 Å². The Morgan fingerprint density at radius 2 is 1.95 bits per heavy atom. The smallest absolute Gasteiger partial charge is 0.207 e. The van der Waals surface area contributed by atoms with Crippen LogP contribution in [0.25, 0.3) is 6.08 Å². The average Bonchev–Trinajstić information content (AvgIpc) is 3.11. The summed E-state index contributed by atoms with van der Waals surface area (Å²) in [7, 11) is -3.40. The van der Waals surface area contributed by atoms with Gasteiger partial charge in [0.05, 0.1) is 4.90 Å². The predicted molar refractivity (Wildman–Crippen MR) is 91.4 cm³/mol. The Hall–Kier alpha value is -1.43. The van der Waals surface area contributed by atoms with Gasteiger partial charge in [0.15, 0.2) is 0 Å². The molecule has 1 atom stereocenters. The lowest BCUT2D eigenvalue weighted by Gasteiger charge is -2.15. The SMILES string of the molecule is Cc1ccc(S(=O)(=O)N2C/C(=C\c3cccs3)C(C)C2)cc1. The fraction of sp³-hybridized carbons (Fsp3) is 0.294. The standard InChI is InChI=1S/C17H19NO2S2/c1-13-5-7-17(8-6-13)22(19,20)18-11-14(2)15(12-18)10-16-4-3-9-21-16/h3-10,14H,11-12H2,1-2H3/b15-10+. The van der Waals surface area contributed by atoms with E-state index in [1.54, 1.807) is 27.8 Å². The first-order chi connectivity index (χ1) is 10.5. The summed E-state index contributed by atoms with van der Waals surface area (Å²) in [5, 5.41) is 2.03. The number of aryl methyl sites for hydroxylation is 1. The van der Waals surface area contributed by atoms with Crippen molar-refractivity contribution < 1.29 is 8.42 Å². The first kappa shape index (κ1) is 15.5. The van der Waals surface area contributed by atoms with E-state index < -0.39 is 10.0 Å². The van der Waals surface area contributed by atoms with Crippen LogP contribution in [0.1, 0.15) is 17.4 Å². The van der Waals surface area contributed by atoms with E-state index in [1.807, 2.05) is 30.5 Å². The molecule has 0 aliphatic carbocycles. The fourth-order valence-corrected chi connectivity index (χ4v) is 4.84. The molecule has 5 heteroatoms. The quantitative estimate of drug-likeness (QED) is 0.857. The average molecular weight is 333 g/mol. The third-order valence-electron chi connectivity index (χ3n) is 4.00. The molecular weight excluding hydrogens is 314 g/mol. The molecule has 0 spiro atoms. The minimum absolute atomic E-state index is 0.252. The Balaban J connectivity index is 1.86. The van der Waals surface area contributed by atoms with Gasteiger partial charge in [0, 0.05) is 18.0 Å². The molecule has 1 aliphatic rings. The monoisotopic (exact) mass is 333 g/mol. The molecule has 3 nitrogen and oxygen atoms in total. The predicted octanol–water partition coefficient (Wildman–Crippen LogP) is 3.78. The highest BCUT2D eigenvalue weighted by atomic mass is 32.2. The maximum absolute atomic E-state index is 12.7. The summed E-state index contributed by atoms with van der Waals surface area (Å²) in [6, 6.07) is 11.1. The molecule has 3 rings (SSSR count). The van der Waals surface area contributed by atoms with E-state index in [9.17, 15) is 8.42 Å². The molecule has 0 N–H and O–H groups in total. The zero-order valence-electron chi connectivity index (χ0n) is 12.7. The van der Waals surface area contributed by atoms with Gasteiger partial charge in [0.2, 0.25) is 10.0 Å². The van der Waals surface area contributed by atoms with Crippen LogP contribution in [0.5, 0.6) is 0 Å². The molecule has 116 valence electrons. The highest BCUT2D eigenvalue weighted by Gasteiger charge is 2.33. The van der Waals surface area contributed by atoms with Crippen molar-refractivity contribution in [2.75, 3.05) is 13.1 Å². The van der Waals surface area contributed by atoms with Gasteiger partial charge in [-0.25, -0.2) is 8.42 Å². The Morgan fingerprint density at radius 3 is 2.59 bits per heavy atom. The Kier molecular flexibility index (Phi) is 4.21. The molecule has 1 aliphatic heterocycles. The number of hydrogen-bond donors (Lipinski definition) is 0. The zero-order valence-corrected chi connectivity index (χ0v) is 14.3. The molecule has 0 bridgehead atoms. The van der Waals surface area contributed by atoms with Gasteiger partial charge in [0.1, 0.15) is 0 Å². The van der Waals surface area contributed by atoms with Crippen LogP contribution in [0.3, 0.4) is 0 Å². The summed E-state index contributed by atoms with van der Waals surface area (Å²) in [5.74, 6) is 0.252. The first-order valence-electron chi connectivity index (χ1n) is 7.27. The van der Waals surface area contributed by atoms with Gasteiger partial charge in [-0.3, -0.25) is 0 Å². The van der Waals surface area contributed by atoms with Crippen molar-refractivity contribution in [3.05, 3.63) is 57.8 Å². The van der Waals surface area contributed by atoms with Gasteiger partial charge >= 0.3 is 0 Å². The van der Waals surface area contributed by atoms with Gasteiger partial charge in [-0.2, -0.15) is 4.31 Å². The van der Waals surface area contributed by atoms with Crippen molar-refractivity contribution in [1.29, 1.82) is 0 Å². The van der Waals surface area contributed by atoms with E-state index in [2.05, 4.69) is 19.1 Å². The lowest BCUT2D eigenvalue weighted by atomic mass is 10.1. The van der Waals surface area contributed by atoms with E-state index >= 15 is 0 Å². The van der Waals surface area contributed by atoms with E-state index in [-0.39, 0.29) is 5.92 Å². The fourth-order valence-electron chi connectivity index (χ4n) is 2.63. The molecule has 1 saturated heterocycles. The van der Waals surface area contributed by atoms with Crippen molar-refractivity contribution in [3.63, 3.8) is 0 Å². The van der Waals surface area contributed by atoms with Gasteiger partial charge in [0.25, 0.3) is 0 Å². The zero-order chi connectivity index (χ0) is 15.7. The summed E-state index contributed by atoms with van der Waals surface area (Å²) >= 11 is 1.67. The van der Waals surface area contributed by atoms with Crippen molar-refractivity contribution in [2.45, 2.75) is 18.7 Å². The molecule has 1 aromatic carbocycles. The summed E-state index contributed by atoms with van der Waals surface area (Å²) in [6.45, 7) is 5.07. The minimum atomic E-state index is -3.40. The Morgan fingerprint density at radius 1 is 1.23 bits per heavy atom. The number of thiophene rings is 1. The van der Waals surface area contributed by atoms with Gasteiger partial charge in [-0.15, -0.1) is 11.3 Å². The minimum Gasteiger partial charge on any atom is -0.207 e. The summed E-state index contributed by atoms with van der Waals surface area (Å²) < 4.78 is 27.1. The van der Waals surface area contributed by atoms with Crippen molar-refractivity contribution in [1.82, 2.24) is 4.31 Å². The molecule has 0 saturated carbocycles. The Labute approximate surface area is 136 Å². The topological polar surface area (TPSA) is 37.4 Å². The van der Waals surface area contributed by atoms with Gasteiger partial charge in [-0.1, -0.05) is 30.7 Å². The summed E-state index contributed by atoms with van der Waals surface area (Å²) in [6.07, 6.45) is 2.12. The number of hydrogen-bond acceptors (Lipinski definition) is 3. The highest BCUT2D eigenvalue weighted by Crippen LogP contribution is 2.30. The van der Waals surface area contributed by atoms with Crippen LogP contribution in [0.4, 0.5) is 0 Å². The van der Waals surface area contributed by atoms with Crippen LogP contribution >= 0.6 is 11.3 Å². The molecule has 1 aromatic heterocycles. The molecule has 22 heavy (non-hydrogen) atoms. The van der Waals surface area contributed by atoms with Crippen molar-refractivity contribution in [3.8, 4) is 0 Å². The number of sulfonamides is 1. The molecule has 2 heterocycles. The van der Waals surface area contributed by atoms with Crippen LogP contribution in [-0.2, 0) is 10.0 Å². The number of benzene rings is 1. The van der Waals surface area contributed by atoms with Crippen molar-refractivity contribution in [2.24, 2.45) is 5.92 Å². The highest BCUT2D eigenvalue weighted by molar-refractivity contribution is 7.89. The summed E-state index contributed by atoms with van der Waals surface area (Å²) in [5.41, 5.74) is 2.24. The van der Waals surface area contributed by atoms with Crippen LogP contribution < -0.4 is 0 Å². The van der Waals surface area contributed by atoms with E-state index in [1.165, 1.54) is 10.5 Å². The maximum Gasteiger partial charge on any atom is 0.243 e. The largest absolute Gasteiger partial charge is 0.243 e. The second kappa shape index (κ2) is 5.99. The van der Waals surface area contributed by atoms with E-state index in [4.69, 9.17) is 0 Å². The molecule has 2 aromatic rings. The second-order valence-electron chi connectivity index (χ2n) is 5.75. The number of nitrogens with zero attached hydrogens (tertiary/aromatic N) is 1. The van der Waals surface area contributed by atoms with E-state index in [0.29, 0.717) is 18.0 Å². The Bertz CT molecular complexity index is 775. The van der Waals surface area contributed by atoms with Crippen LogP contribution in [-0.4, -0.2) is 25.8 Å². The third-order valence-corrected chi connectivity index (χ3v) is 6.64. The molecule has 1 unspecified atom stereocenters. The van der Waals surface area contributed by atoms with Gasteiger partial charge in [-0.05, 0) is 48.1 Å². The normalized spacial score (nSPS) is 21.5. The van der Waals surface area contributed by atoms with Crippen molar-refractivity contribution >= 4 is 27.4 Å². The maximum atomic E-state index is 12.7. The lowest BCUT2D eigenvalue weighted by Crippen LogP contribution is -2.28.